The first kappa shape index (κ1) is 7.62. The molecule has 0 aliphatic carbocycles. The van der Waals surface area contributed by atoms with Crippen molar-refractivity contribution in [2.75, 3.05) is 6.61 Å². The van der Waals surface area contributed by atoms with Gasteiger partial charge in [0.1, 0.15) is 7.85 Å². The smallest absolute Gasteiger partial charge is 0.142 e. The molecule has 0 aromatic rings. The van der Waals surface area contributed by atoms with Crippen molar-refractivity contribution in [1.29, 1.82) is 0 Å². The molecule has 2 heterocycles. The second kappa shape index (κ2) is 2.24. The summed E-state index contributed by atoms with van der Waals surface area (Å²) < 4.78 is 11.3. The fraction of sp³-hybridized carbons (Fsp3) is 1.00. The maximum atomic E-state index is 5.86. The molecule has 4 atom stereocenters. The minimum absolute atomic E-state index is 0.0995. The van der Waals surface area contributed by atoms with E-state index in [1.807, 2.05) is 0 Å². The summed E-state index contributed by atoms with van der Waals surface area (Å²) in [6.07, 6.45) is 1.49. The molecule has 62 valence electrons. The first-order valence-corrected chi connectivity index (χ1v) is 4.47. The molecule has 0 radical (unpaired) electrons. The molecule has 11 heavy (non-hydrogen) atoms. The molecule has 2 nitrogen and oxygen atoms in total. The van der Waals surface area contributed by atoms with Crippen LogP contribution in [0.2, 0.25) is 0 Å². The molecule has 2 saturated heterocycles. The van der Waals surface area contributed by atoms with E-state index in [-0.39, 0.29) is 5.60 Å². The largest absolute Gasteiger partial charge is 0.378 e. The molecule has 2 rings (SSSR count). The molecule has 0 amide bonds. The van der Waals surface area contributed by atoms with Crippen molar-refractivity contribution in [3.63, 3.8) is 0 Å². The minimum Gasteiger partial charge on any atom is -0.378 e. The van der Waals surface area contributed by atoms with Crippen molar-refractivity contribution in [2.24, 2.45) is 5.92 Å². The summed E-state index contributed by atoms with van der Waals surface area (Å²) in [5.41, 5.74) is 0.0995. The van der Waals surface area contributed by atoms with Crippen LogP contribution < -0.4 is 0 Å². The second-order valence-electron chi connectivity index (χ2n) is 3.89. The summed E-state index contributed by atoms with van der Waals surface area (Å²) in [4.78, 5) is 0. The lowest BCUT2D eigenvalue weighted by Crippen LogP contribution is -2.48. The van der Waals surface area contributed by atoms with E-state index < -0.39 is 0 Å². The Bertz CT molecular complexity index is 173. The first-order valence-electron chi connectivity index (χ1n) is 4.47. The van der Waals surface area contributed by atoms with E-state index in [2.05, 4.69) is 21.7 Å². The van der Waals surface area contributed by atoms with Gasteiger partial charge in [0.2, 0.25) is 0 Å². The van der Waals surface area contributed by atoms with Crippen LogP contribution in [0.1, 0.15) is 20.3 Å². The van der Waals surface area contributed by atoms with E-state index in [9.17, 15) is 0 Å². The van der Waals surface area contributed by atoms with Crippen LogP contribution in [0.15, 0.2) is 0 Å². The Kier molecular flexibility index (Phi) is 1.55. The number of rotatable bonds is 1. The van der Waals surface area contributed by atoms with Gasteiger partial charge in [-0.15, -0.1) is 0 Å². The van der Waals surface area contributed by atoms with E-state index in [1.54, 1.807) is 0 Å². The lowest BCUT2D eigenvalue weighted by molar-refractivity contribution is -0.115. The van der Waals surface area contributed by atoms with Crippen molar-refractivity contribution >= 4 is 7.85 Å². The molecule has 0 N–H and O–H groups in total. The normalized spacial score (nSPS) is 55.3. The van der Waals surface area contributed by atoms with E-state index in [1.165, 1.54) is 0 Å². The maximum Gasteiger partial charge on any atom is 0.142 e. The fourth-order valence-corrected chi connectivity index (χ4v) is 2.21. The molecular formula is C8H15BO2. The molecule has 0 saturated carbocycles. The van der Waals surface area contributed by atoms with Crippen LogP contribution in [0.3, 0.4) is 0 Å². The fourth-order valence-electron chi connectivity index (χ4n) is 2.21. The van der Waals surface area contributed by atoms with E-state index in [0.717, 1.165) is 13.0 Å². The minimum atomic E-state index is 0.0995. The van der Waals surface area contributed by atoms with Gasteiger partial charge in [0.05, 0.1) is 24.3 Å². The van der Waals surface area contributed by atoms with Crippen LogP contribution in [-0.2, 0) is 9.47 Å². The van der Waals surface area contributed by atoms with E-state index in [4.69, 9.17) is 9.47 Å². The zero-order valence-corrected chi connectivity index (χ0v) is 7.46. The molecule has 2 fully saturated rings. The topological polar surface area (TPSA) is 18.5 Å². The first-order chi connectivity index (χ1) is 5.17. The average Bonchev–Trinajstić information content (AvgIpc) is 1.98. The summed E-state index contributed by atoms with van der Waals surface area (Å²) in [6, 6.07) is 0.304. The van der Waals surface area contributed by atoms with Gasteiger partial charge in [-0.25, -0.2) is 0 Å². The quantitative estimate of drug-likeness (QED) is 0.501. The third kappa shape index (κ3) is 0.874. The molecule has 0 bridgehead atoms. The van der Waals surface area contributed by atoms with Crippen molar-refractivity contribution in [2.45, 2.75) is 38.0 Å². The predicted octanol–water partition coefficient (Wildman–Crippen LogP) is 0.159. The van der Waals surface area contributed by atoms with Gasteiger partial charge in [-0.05, 0) is 13.3 Å². The number of hydrogen-bond acceptors (Lipinski definition) is 2. The van der Waals surface area contributed by atoms with Crippen LogP contribution in [0.5, 0.6) is 0 Å². The molecule has 2 aliphatic heterocycles. The Balaban J connectivity index is 2.15. The average molecular weight is 154 g/mol. The molecule has 0 aromatic heterocycles. The summed E-state index contributed by atoms with van der Waals surface area (Å²) >= 11 is 0. The molecule has 3 heteroatoms. The molecule has 0 spiro atoms. The van der Waals surface area contributed by atoms with Gasteiger partial charge in [0.25, 0.3) is 0 Å². The van der Waals surface area contributed by atoms with Crippen molar-refractivity contribution in [1.82, 2.24) is 0 Å². The second-order valence-corrected chi connectivity index (χ2v) is 3.89. The van der Waals surface area contributed by atoms with Crippen molar-refractivity contribution in [3.8, 4) is 0 Å². The Morgan fingerprint density at radius 1 is 1.64 bits per heavy atom. The predicted molar refractivity (Wildman–Crippen MR) is 45.3 cm³/mol. The number of fused-ring (bicyclic) bond motifs is 1. The molecule has 2 aliphatic rings. The summed E-state index contributed by atoms with van der Waals surface area (Å²) in [6.45, 7) is 5.30. The van der Waals surface area contributed by atoms with E-state index >= 15 is 0 Å². The summed E-state index contributed by atoms with van der Waals surface area (Å²) in [5, 5.41) is 0. The van der Waals surface area contributed by atoms with Gasteiger partial charge in [-0.2, -0.15) is 0 Å². The Hall–Kier alpha value is -0.0151. The Morgan fingerprint density at radius 3 is 2.64 bits per heavy atom. The van der Waals surface area contributed by atoms with Gasteiger partial charge in [0, 0.05) is 5.92 Å². The van der Waals surface area contributed by atoms with Crippen LogP contribution in [0, 0.1) is 5.92 Å². The lowest BCUT2D eigenvalue weighted by atomic mass is 9.78. The molecular weight excluding hydrogens is 139 g/mol. The number of hydrogen-bond donors (Lipinski definition) is 0. The van der Waals surface area contributed by atoms with Gasteiger partial charge in [-0.3, -0.25) is 0 Å². The van der Waals surface area contributed by atoms with Crippen molar-refractivity contribution < 1.29 is 9.47 Å². The van der Waals surface area contributed by atoms with Crippen LogP contribution in [-0.4, -0.2) is 32.2 Å². The van der Waals surface area contributed by atoms with Gasteiger partial charge in [-0.1, -0.05) is 6.92 Å². The summed E-state index contributed by atoms with van der Waals surface area (Å²) in [7, 11) is 2.11. The van der Waals surface area contributed by atoms with E-state index in [0.29, 0.717) is 18.0 Å². The van der Waals surface area contributed by atoms with Crippen LogP contribution >= 0.6 is 0 Å². The van der Waals surface area contributed by atoms with Gasteiger partial charge >= 0.3 is 0 Å². The molecule has 3 unspecified atom stereocenters. The highest BCUT2D eigenvalue weighted by atomic mass is 16.6. The Morgan fingerprint density at radius 2 is 2.36 bits per heavy atom. The highest BCUT2D eigenvalue weighted by Gasteiger charge is 2.55. The third-order valence-electron chi connectivity index (χ3n) is 3.27. The van der Waals surface area contributed by atoms with Gasteiger partial charge < -0.3 is 9.47 Å². The van der Waals surface area contributed by atoms with Crippen LogP contribution in [0.25, 0.3) is 0 Å². The highest BCUT2D eigenvalue weighted by Crippen LogP contribution is 2.44. The number of ether oxygens (including phenoxy) is 2. The van der Waals surface area contributed by atoms with Crippen molar-refractivity contribution in [3.05, 3.63) is 0 Å². The Labute approximate surface area is 68.7 Å². The zero-order chi connectivity index (χ0) is 8.06. The van der Waals surface area contributed by atoms with Crippen LogP contribution in [0.4, 0.5) is 0 Å². The lowest BCUT2D eigenvalue weighted by Gasteiger charge is -2.38. The summed E-state index contributed by atoms with van der Waals surface area (Å²) in [5.74, 6) is 0.655. The SMILES string of the molecule is BC1O[C@@](C)(CC)C2COC12. The van der Waals surface area contributed by atoms with Gasteiger partial charge in [0.15, 0.2) is 0 Å². The molecule has 0 aromatic carbocycles. The zero-order valence-electron chi connectivity index (χ0n) is 7.46. The standard InChI is InChI=1S/C8H15BO2/c1-3-8(2)5-4-10-6(5)7(9)11-8/h5-7H,3-4,9H2,1-2H3/t5?,6?,7?,8-/m0/s1. The monoisotopic (exact) mass is 154 g/mol. The third-order valence-corrected chi connectivity index (χ3v) is 3.27. The maximum absolute atomic E-state index is 5.86. The highest BCUT2D eigenvalue weighted by molar-refractivity contribution is 6.11.